The van der Waals surface area contributed by atoms with Crippen molar-refractivity contribution in [1.29, 1.82) is 0 Å². The van der Waals surface area contributed by atoms with E-state index >= 15 is 0 Å². The van der Waals surface area contributed by atoms with Crippen molar-refractivity contribution in [3.63, 3.8) is 0 Å². The van der Waals surface area contributed by atoms with Crippen molar-refractivity contribution in [3.05, 3.63) is 35.2 Å². The molecule has 0 saturated heterocycles. The fourth-order valence-corrected chi connectivity index (χ4v) is 3.83. The summed E-state index contributed by atoms with van der Waals surface area (Å²) in [6.45, 7) is 0.492. The second-order valence-corrected chi connectivity index (χ2v) is 8.49. The molecular formula is C15H21ClN2O3S2. The van der Waals surface area contributed by atoms with Crippen molar-refractivity contribution < 1.29 is 13.2 Å². The van der Waals surface area contributed by atoms with Crippen molar-refractivity contribution >= 4 is 49.6 Å². The Labute approximate surface area is 146 Å². The first-order valence-electron chi connectivity index (χ1n) is 7.03. The highest BCUT2D eigenvalue weighted by atomic mass is 35.5. The number of benzene rings is 1. The molecule has 0 fully saturated rings. The quantitative estimate of drug-likeness (QED) is 0.770. The SMILES string of the molecule is CS(=O)(=O)CCC(N)C(=O)NCCc1csc2ccccc12.Cl. The monoisotopic (exact) mass is 376 g/mol. The minimum atomic E-state index is -3.09. The summed E-state index contributed by atoms with van der Waals surface area (Å²) in [5.74, 6) is -0.375. The minimum absolute atomic E-state index is 0. The number of fused-ring (bicyclic) bond motifs is 1. The zero-order chi connectivity index (χ0) is 16.2. The minimum Gasteiger partial charge on any atom is -0.354 e. The van der Waals surface area contributed by atoms with Crippen LogP contribution in [0.3, 0.4) is 0 Å². The van der Waals surface area contributed by atoms with Gasteiger partial charge in [0.2, 0.25) is 5.91 Å². The topological polar surface area (TPSA) is 89.3 Å². The molecule has 1 heterocycles. The maximum atomic E-state index is 11.8. The van der Waals surface area contributed by atoms with Crippen LogP contribution in [-0.2, 0) is 21.1 Å². The largest absolute Gasteiger partial charge is 0.354 e. The molecule has 0 spiro atoms. The summed E-state index contributed by atoms with van der Waals surface area (Å²) in [6, 6.07) is 7.36. The van der Waals surface area contributed by atoms with Crippen LogP contribution in [0.4, 0.5) is 0 Å². The van der Waals surface area contributed by atoms with Crippen LogP contribution in [0.5, 0.6) is 0 Å². The van der Waals surface area contributed by atoms with Gasteiger partial charge in [-0.1, -0.05) is 18.2 Å². The van der Waals surface area contributed by atoms with E-state index in [1.54, 1.807) is 11.3 Å². The van der Waals surface area contributed by atoms with Gasteiger partial charge in [-0.3, -0.25) is 4.79 Å². The average Bonchev–Trinajstić information content (AvgIpc) is 2.87. The van der Waals surface area contributed by atoms with Crippen LogP contribution < -0.4 is 11.1 Å². The maximum Gasteiger partial charge on any atom is 0.236 e. The van der Waals surface area contributed by atoms with Gasteiger partial charge in [-0.25, -0.2) is 8.42 Å². The number of hydrogen-bond donors (Lipinski definition) is 2. The Morgan fingerprint density at radius 3 is 2.74 bits per heavy atom. The van der Waals surface area contributed by atoms with E-state index in [4.69, 9.17) is 5.73 Å². The van der Waals surface area contributed by atoms with Gasteiger partial charge in [0.1, 0.15) is 9.84 Å². The van der Waals surface area contributed by atoms with Crippen LogP contribution in [0.25, 0.3) is 10.1 Å². The molecule has 0 aliphatic rings. The molecule has 1 aromatic heterocycles. The maximum absolute atomic E-state index is 11.8. The van der Waals surface area contributed by atoms with E-state index in [2.05, 4.69) is 22.8 Å². The normalized spacial score (nSPS) is 12.6. The van der Waals surface area contributed by atoms with Crippen LogP contribution >= 0.6 is 23.7 Å². The summed E-state index contributed by atoms with van der Waals surface area (Å²) in [4.78, 5) is 11.8. The Balaban J connectivity index is 0.00000264. The number of thiophene rings is 1. The van der Waals surface area contributed by atoms with Crippen molar-refractivity contribution in [2.75, 3.05) is 18.6 Å². The molecular weight excluding hydrogens is 356 g/mol. The molecule has 1 aromatic carbocycles. The van der Waals surface area contributed by atoms with E-state index in [1.165, 1.54) is 15.6 Å². The van der Waals surface area contributed by atoms with E-state index in [1.807, 2.05) is 12.1 Å². The Morgan fingerprint density at radius 2 is 2.04 bits per heavy atom. The van der Waals surface area contributed by atoms with E-state index in [0.717, 1.165) is 12.7 Å². The fourth-order valence-electron chi connectivity index (χ4n) is 2.15. The fraction of sp³-hybridized carbons (Fsp3) is 0.400. The number of nitrogens with two attached hydrogens (primary N) is 1. The molecule has 8 heteroatoms. The van der Waals surface area contributed by atoms with Crippen LogP contribution in [0.15, 0.2) is 29.6 Å². The lowest BCUT2D eigenvalue weighted by Gasteiger charge is -2.11. The molecule has 5 nitrogen and oxygen atoms in total. The summed E-state index contributed by atoms with van der Waals surface area (Å²) < 4.78 is 23.4. The average molecular weight is 377 g/mol. The number of sulfone groups is 1. The molecule has 0 bridgehead atoms. The number of amides is 1. The zero-order valence-electron chi connectivity index (χ0n) is 12.8. The van der Waals surface area contributed by atoms with Gasteiger partial charge in [-0.15, -0.1) is 23.7 Å². The molecule has 1 atom stereocenters. The highest BCUT2D eigenvalue weighted by Crippen LogP contribution is 2.25. The van der Waals surface area contributed by atoms with E-state index < -0.39 is 15.9 Å². The standard InChI is InChI=1S/C15H20N2O3S2.ClH/c1-22(19,20)9-7-13(16)15(18)17-8-6-11-10-21-14-5-3-2-4-12(11)14;/h2-5,10,13H,6-9,16H2,1H3,(H,17,18);1H. The van der Waals surface area contributed by atoms with Crippen molar-refractivity contribution in [2.24, 2.45) is 5.73 Å². The molecule has 3 N–H and O–H groups in total. The Kier molecular flexibility index (Phi) is 7.47. The molecule has 0 saturated carbocycles. The van der Waals surface area contributed by atoms with Crippen LogP contribution in [0, 0.1) is 0 Å². The second-order valence-electron chi connectivity index (χ2n) is 5.32. The van der Waals surface area contributed by atoms with E-state index in [0.29, 0.717) is 6.54 Å². The van der Waals surface area contributed by atoms with Crippen LogP contribution in [0.2, 0.25) is 0 Å². The third-order valence-corrected chi connectivity index (χ3v) is 5.38. The molecule has 128 valence electrons. The molecule has 0 aliphatic carbocycles. The van der Waals surface area contributed by atoms with Gasteiger partial charge in [0.05, 0.1) is 11.8 Å². The third-order valence-electron chi connectivity index (χ3n) is 3.39. The van der Waals surface area contributed by atoms with Gasteiger partial charge < -0.3 is 11.1 Å². The third kappa shape index (κ3) is 6.10. The van der Waals surface area contributed by atoms with Gasteiger partial charge in [-0.05, 0) is 35.2 Å². The summed E-state index contributed by atoms with van der Waals surface area (Å²) in [5, 5.41) is 6.08. The number of carbonyl (C=O) groups is 1. The first-order chi connectivity index (χ1) is 10.4. The lowest BCUT2D eigenvalue weighted by molar-refractivity contribution is -0.122. The predicted octanol–water partition coefficient (Wildman–Crippen LogP) is 1.74. The van der Waals surface area contributed by atoms with Crippen molar-refractivity contribution in [2.45, 2.75) is 18.9 Å². The zero-order valence-corrected chi connectivity index (χ0v) is 15.3. The Hall–Kier alpha value is -1.15. The summed E-state index contributed by atoms with van der Waals surface area (Å²) in [7, 11) is -3.09. The van der Waals surface area contributed by atoms with Gasteiger partial charge in [-0.2, -0.15) is 0 Å². The van der Waals surface area contributed by atoms with Crippen molar-refractivity contribution in [1.82, 2.24) is 5.32 Å². The Bertz CT molecular complexity index is 759. The predicted molar refractivity (Wildman–Crippen MR) is 98.1 cm³/mol. The molecule has 23 heavy (non-hydrogen) atoms. The molecule has 1 amide bonds. The number of nitrogens with one attached hydrogen (secondary N) is 1. The van der Waals surface area contributed by atoms with Crippen LogP contribution in [0.1, 0.15) is 12.0 Å². The van der Waals surface area contributed by atoms with E-state index in [9.17, 15) is 13.2 Å². The summed E-state index contributed by atoms with van der Waals surface area (Å²) in [6.07, 6.45) is 2.01. The summed E-state index contributed by atoms with van der Waals surface area (Å²) in [5.41, 5.74) is 6.90. The second kappa shape index (κ2) is 8.63. The molecule has 0 radical (unpaired) electrons. The van der Waals surface area contributed by atoms with E-state index in [-0.39, 0.29) is 30.5 Å². The smallest absolute Gasteiger partial charge is 0.236 e. The molecule has 2 aromatic rings. The van der Waals surface area contributed by atoms with Gasteiger partial charge in [0, 0.05) is 17.5 Å². The Morgan fingerprint density at radius 1 is 1.35 bits per heavy atom. The van der Waals surface area contributed by atoms with Crippen molar-refractivity contribution in [3.8, 4) is 0 Å². The van der Waals surface area contributed by atoms with Gasteiger partial charge >= 0.3 is 0 Å². The lowest BCUT2D eigenvalue weighted by atomic mass is 10.1. The molecule has 0 aliphatic heterocycles. The highest BCUT2D eigenvalue weighted by molar-refractivity contribution is 7.90. The summed E-state index contributed by atoms with van der Waals surface area (Å²) >= 11 is 1.69. The lowest BCUT2D eigenvalue weighted by Crippen LogP contribution is -2.42. The highest BCUT2D eigenvalue weighted by Gasteiger charge is 2.15. The first kappa shape index (κ1) is 19.9. The number of carbonyl (C=O) groups excluding carboxylic acids is 1. The number of rotatable bonds is 7. The van der Waals surface area contributed by atoms with Gasteiger partial charge in [0.15, 0.2) is 0 Å². The first-order valence-corrected chi connectivity index (χ1v) is 9.97. The van der Waals surface area contributed by atoms with Crippen LogP contribution in [-0.4, -0.2) is 38.9 Å². The molecule has 1 unspecified atom stereocenters. The number of halogens is 1. The molecule has 2 rings (SSSR count). The van der Waals surface area contributed by atoms with Gasteiger partial charge in [0.25, 0.3) is 0 Å². The number of hydrogen-bond acceptors (Lipinski definition) is 5.